The molecule has 190 valence electrons. The van der Waals surface area contributed by atoms with Gasteiger partial charge >= 0.3 is 6.09 Å². The van der Waals surface area contributed by atoms with Gasteiger partial charge in [0.15, 0.2) is 0 Å². The number of nitrogens with one attached hydrogen (secondary N) is 1. The Kier molecular flexibility index (Phi) is 9.16. The zero-order valence-electron chi connectivity index (χ0n) is 21.6. The molecule has 0 aromatic rings. The van der Waals surface area contributed by atoms with E-state index in [1.54, 1.807) is 18.9 Å². The van der Waals surface area contributed by atoms with E-state index in [0.29, 0.717) is 19.7 Å². The van der Waals surface area contributed by atoms with E-state index >= 15 is 0 Å². The van der Waals surface area contributed by atoms with E-state index < -0.39 is 35.2 Å². The second kappa shape index (κ2) is 11.0. The van der Waals surface area contributed by atoms with Crippen molar-refractivity contribution in [2.45, 2.75) is 97.9 Å². The smallest absolute Gasteiger partial charge is 0.410 e. The molecule has 2 heterocycles. The van der Waals surface area contributed by atoms with E-state index in [0.717, 1.165) is 25.7 Å². The molecule has 0 spiro atoms. The molecule has 33 heavy (non-hydrogen) atoms. The Bertz CT molecular complexity index is 693. The van der Waals surface area contributed by atoms with Gasteiger partial charge < -0.3 is 19.7 Å². The van der Waals surface area contributed by atoms with Crippen molar-refractivity contribution in [3.05, 3.63) is 0 Å². The average molecular weight is 470 g/mol. The van der Waals surface area contributed by atoms with Crippen LogP contribution in [0.2, 0.25) is 0 Å². The van der Waals surface area contributed by atoms with Gasteiger partial charge in [-0.3, -0.25) is 14.4 Å². The van der Waals surface area contributed by atoms with Crippen LogP contribution in [0.15, 0.2) is 0 Å². The fourth-order valence-corrected chi connectivity index (χ4v) is 4.36. The summed E-state index contributed by atoms with van der Waals surface area (Å²) in [5.74, 6) is -1.11. The summed E-state index contributed by atoms with van der Waals surface area (Å²) in [7, 11) is 1.55. The van der Waals surface area contributed by atoms with E-state index in [4.69, 9.17) is 14.3 Å². The Hall–Kier alpha value is -1.87. The highest BCUT2D eigenvalue weighted by Crippen LogP contribution is 2.29. The number of methoxy groups -OCH3 is 1. The van der Waals surface area contributed by atoms with Crippen LogP contribution < -0.4 is 5.32 Å². The topological polar surface area (TPSA) is 97.4 Å². The summed E-state index contributed by atoms with van der Waals surface area (Å²) in [5, 5.41) is 4.32. The molecular formula is C24H43N3O6. The van der Waals surface area contributed by atoms with Crippen LogP contribution in [0.1, 0.15) is 74.1 Å². The zero-order valence-corrected chi connectivity index (χ0v) is 21.6. The normalized spacial score (nSPS) is 22.5. The van der Waals surface area contributed by atoms with Gasteiger partial charge in [0.2, 0.25) is 5.91 Å². The third-order valence-corrected chi connectivity index (χ3v) is 6.13. The molecule has 0 saturated carbocycles. The molecule has 0 aromatic carbocycles. The van der Waals surface area contributed by atoms with Crippen molar-refractivity contribution < 1.29 is 28.7 Å². The summed E-state index contributed by atoms with van der Waals surface area (Å²) in [4.78, 5) is 46.4. The lowest BCUT2D eigenvalue weighted by Gasteiger charge is -2.38. The SMILES string of the molecule is CO[C@H]([C@@H](C)C(=O)N[C@H](C(=O)N1CCCCO1)C(C)(C)C)[C@@H]1CCCN1C(=O)OC(C)(C)C. The van der Waals surface area contributed by atoms with Crippen LogP contribution >= 0.6 is 0 Å². The summed E-state index contributed by atoms with van der Waals surface area (Å²) < 4.78 is 11.3. The molecular weight excluding hydrogens is 426 g/mol. The van der Waals surface area contributed by atoms with Crippen LogP contribution in [0.5, 0.6) is 0 Å². The van der Waals surface area contributed by atoms with Crippen molar-refractivity contribution in [2.24, 2.45) is 11.3 Å². The lowest BCUT2D eigenvalue weighted by Crippen LogP contribution is -2.58. The lowest BCUT2D eigenvalue weighted by molar-refractivity contribution is -0.201. The molecule has 9 heteroatoms. The van der Waals surface area contributed by atoms with E-state index in [2.05, 4.69) is 5.32 Å². The highest BCUT2D eigenvalue weighted by atomic mass is 16.7. The Labute approximate surface area is 198 Å². The van der Waals surface area contributed by atoms with Gasteiger partial charge in [0.05, 0.1) is 24.7 Å². The number of carbonyl (C=O) groups excluding carboxylic acids is 3. The van der Waals surface area contributed by atoms with Gasteiger partial charge in [-0.1, -0.05) is 27.7 Å². The van der Waals surface area contributed by atoms with E-state index in [1.165, 1.54) is 5.06 Å². The minimum Gasteiger partial charge on any atom is -0.444 e. The van der Waals surface area contributed by atoms with Gasteiger partial charge in [-0.05, 0) is 51.9 Å². The standard InChI is InChI=1S/C24H43N3O6/c1-16(18(31-8)17-12-11-13-26(17)22(30)33-24(5,6)7)20(28)25-19(23(2,3)4)21(29)27-14-9-10-15-32-27/h16-19H,9-15H2,1-8H3,(H,25,28)/t16-,17+,18-,19-/m1/s1. The van der Waals surface area contributed by atoms with Crippen molar-refractivity contribution in [3.8, 4) is 0 Å². The van der Waals surface area contributed by atoms with Gasteiger partial charge in [0.1, 0.15) is 11.6 Å². The summed E-state index contributed by atoms with van der Waals surface area (Å²) in [6.07, 6.45) is 2.40. The Morgan fingerprint density at radius 1 is 1.03 bits per heavy atom. The molecule has 4 atom stereocenters. The van der Waals surface area contributed by atoms with Crippen molar-refractivity contribution in [2.75, 3.05) is 26.8 Å². The van der Waals surface area contributed by atoms with E-state index in [-0.39, 0.29) is 17.9 Å². The first-order valence-corrected chi connectivity index (χ1v) is 12.0. The minimum absolute atomic E-state index is 0.243. The molecule has 2 aliphatic heterocycles. The second-order valence-corrected chi connectivity index (χ2v) is 11.2. The average Bonchev–Trinajstić information content (AvgIpc) is 3.20. The first kappa shape index (κ1) is 27.4. The van der Waals surface area contributed by atoms with Crippen LogP contribution in [0, 0.1) is 11.3 Å². The zero-order chi connectivity index (χ0) is 25.0. The number of hydroxylamine groups is 2. The summed E-state index contributed by atoms with van der Waals surface area (Å²) in [6, 6.07) is -1.02. The number of likely N-dealkylation sites (tertiary alicyclic amines) is 1. The van der Waals surface area contributed by atoms with E-state index in [1.807, 2.05) is 41.5 Å². The molecule has 3 amide bonds. The number of carbonyl (C=O) groups is 3. The number of amides is 3. The molecule has 2 aliphatic rings. The molecule has 0 bridgehead atoms. The van der Waals surface area contributed by atoms with Crippen LogP contribution in [-0.4, -0.2) is 78.5 Å². The van der Waals surface area contributed by atoms with Crippen LogP contribution in [0.25, 0.3) is 0 Å². The second-order valence-electron chi connectivity index (χ2n) is 11.2. The molecule has 2 saturated heterocycles. The molecule has 9 nitrogen and oxygen atoms in total. The molecule has 0 aliphatic carbocycles. The number of hydrogen-bond acceptors (Lipinski definition) is 6. The number of hydrogen-bond donors (Lipinski definition) is 1. The van der Waals surface area contributed by atoms with Crippen LogP contribution in [-0.2, 0) is 23.9 Å². The van der Waals surface area contributed by atoms with Crippen LogP contribution in [0.3, 0.4) is 0 Å². The third-order valence-electron chi connectivity index (χ3n) is 6.13. The summed E-state index contributed by atoms with van der Waals surface area (Å²) in [6.45, 7) is 14.6. The summed E-state index contributed by atoms with van der Waals surface area (Å²) in [5.41, 5.74) is -1.11. The molecule has 2 rings (SSSR count). The quantitative estimate of drug-likeness (QED) is 0.642. The van der Waals surface area contributed by atoms with Gasteiger partial charge in [-0.25, -0.2) is 9.86 Å². The molecule has 0 aromatic heterocycles. The van der Waals surface area contributed by atoms with Gasteiger partial charge in [0, 0.05) is 20.2 Å². The maximum Gasteiger partial charge on any atom is 0.410 e. The highest BCUT2D eigenvalue weighted by molar-refractivity contribution is 5.89. The fourth-order valence-electron chi connectivity index (χ4n) is 4.36. The van der Waals surface area contributed by atoms with Gasteiger partial charge in [-0.2, -0.15) is 0 Å². The minimum atomic E-state index is -0.742. The monoisotopic (exact) mass is 469 g/mol. The van der Waals surface area contributed by atoms with Crippen LogP contribution in [0.4, 0.5) is 4.79 Å². The third kappa shape index (κ3) is 7.30. The largest absolute Gasteiger partial charge is 0.444 e. The molecule has 1 N–H and O–H groups in total. The maximum absolute atomic E-state index is 13.3. The van der Waals surface area contributed by atoms with Crippen molar-refractivity contribution in [1.29, 1.82) is 0 Å². The van der Waals surface area contributed by atoms with Gasteiger partial charge in [0.25, 0.3) is 5.91 Å². The van der Waals surface area contributed by atoms with E-state index in [9.17, 15) is 14.4 Å². The van der Waals surface area contributed by atoms with Crippen molar-refractivity contribution in [3.63, 3.8) is 0 Å². The summed E-state index contributed by atoms with van der Waals surface area (Å²) >= 11 is 0. The Balaban J connectivity index is 2.13. The Morgan fingerprint density at radius 3 is 2.21 bits per heavy atom. The number of rotatable bonds is 6. The van der Waals surface area contributed by atoms with Gasteiger partial charge in [-0.15, -0.1) is 0 Å². The fraction of sp³-hybridized carbons (Fsp3) is 0.875. The number of ether oxygens (including phenoxy) is 2. The first-order chi connectivity index (χ1) is 15.3. The number of nitrogens with zero attached hydrogens (tertiary/aromatic N) is 2. The van der Waals surface area contributed by atoms with Crippen molar-refractivity contribution in [1.82, 2.24) is 15.3 Å². The van der Waals surface area contributed by atoms with Crippen molar-refractivity contribution >= 4 is 17.9 Å². The molecule has 2 fully saturated rings. The highest BCUT2D eigenvalue weighted by Gasteiger charge is 2.43. The predicted octanol–water partition coefficient (Wildman–Crippen LogP) is 3.12. The Morgan fingerprint density at radius 2 is 1.70 bits per heavy atom. The lowest BCUT2D eigenvalue weighted by atomic mass is 9.85. The molecule has 0 radical (unpaired) electrons. The first-order valence-electron chi connectivity index (χ1n) is 12.0. The maximum atomic E-state index is 13.3. The predicted molar refractivity (Wildman–Crippen MR) is 124 cm³/mol. The molecule has 0 unspecified atom stereocenters.